The van der Waals surface area contributed by atoms with Gasteiger partial charge in [-0.1, -0.05) is 37.3 Å². The first-order valence-electron chi connectivity index (χ1n) is 6.03. The minimum absolute atomic E-state index is 0.143. The number of aliphatic hydroxyl groups excluding tert-OH is 1. The Bertz CT molecular complexity index is 402. The van der Waals surface area contributed by atoms with E-state index in [1.165, 1.54) is 0 Å². The van der Waals surface area contributed by atoms with E-state index in [4.69, 9.17) is 0 Å². The van der Waals surface area contributed by atoms with Crippen LogP contribution in [0, 0.1) is 11.3 Å². The van der Waals surface area contributed by atoms with Crippen LogP contribution in [0.1, 0.15) is 31.7 Å². The van der Waals surface area contributed by atoms with Crippen LogP contribution in [-0.4, -0.2) is 16.3 Å². The Morgan fingerprint density at radius 2 is 1.94 bits per heavy atom. The molecule has 2 fully saturated rings. The molecular formula is C14H18O2. The van der Waals surface area contributed by atoms with Crippen LogP contribution < -0.4 is 0 Å². The number of benzene rings is 1. The normalized spacial score (nSPS) is 46.2. The molecule has 2 N–H and O–H groups in total. The van der Waals surface area contributed by atoms with Crippen molar-refractivity contribution in [2.75, 3.05) is 0 Å². The molecule has 1 aromatic rings. The van der Waals surface area contributed by atoms with Gasteiger partial charge in [0, 0.05) is 0 Å². The Labute approximate surface area is 95.9 Å². The fourth-order valence-electron chi connectivity index (χ4n) is 3.71. The molecule has 2 heteroatoms. The second-order valence-corrected chi connectivity index (χ2v) is 5.66. The summed E-state index contributed by atoms with van der Waals surface area (Å²) >= 11 is 0. The van der Waals surface area contributed by atoms with E-state index in [9.17, 15) is 10.2 Å². The van der Waals surface area contributed by atoms with Crippen LogP contribution in [0.3, 0.4) is 0 Å². The van der Waals surface area contributed by atoms with Crippen molar-refractivity contribution < 1.29 is 10.2 Å². The maximum absolute atomic E-state index is 10.8. The van der Waals surface area contributed by atoms with E-state index in [2.05, 4.69) is 6.92 Å². The third kappa shape index (κ3) is 1.09. The van der Waals surface area contributed by atoms with Crippen LogP contribution in [0.5, 0.6) is 0 Å². The van der Waals surface area contributed by atoms with Crippen LogP contribution >= 0.6 is 0 Å². The van der Waals surface area contributed by atoms with Gasteiger partial charge in [-0.2, -0.15) is 0 Å². The molecule has 0 unspecified atom stereocenters. The zero-order valence-electron chi connectivity index (χ0n) is 9.56. The van der Waals surface area contributed by atoms with Crippen LogP contribution in [0.25, 0.3) is 0 Å². The topological polar surface area (TPSA) is 40.5 Å². The highest BCUT2D eigenvalue weighted by Gasteiger charge is 2.64. The van der Waals surface area contributed by atoms with Gasteiger partial charge < -0.3 is 10.2 Å². The summed E-state index contributed by atoms with van der Waals surface area (Å²) in [6.45, 7) is 2.19. The van der Waals surface area contributed by atoms with E-state index in [-0.39, 0.29) is 11.3 Å². The highest BCUT2D eigenvalue weighted by Crippen LogP contribution is 2.64. The first-order chi connectivity index (χ1) is 7.57. The Balaban J connectivity index is 2.05. The van der Waals surface area contributed by atoms with Crippen molar-refractivity contribution in [1.29, 1.82) is 0 Å². The van der Waals surface area contributed by atoms with Gasteiger partial charge in [0.15, 0.2) is 0 Å². The van der Waals surface area contributed by atoms with Crippen LogP contribution in [0.15, 0.2) is 30.3 Å². The summed E-state index contributed by atoms with van der Waals surface area (Å²) in [5, 5.41) is 21.0. The maximum atomic E-state index is 10.8. The first kappa shape index (κ1) is 10.3. The largest absolute Gasteiger partial charge is 0.390 e. The van der Waals surface area contributed by atoms with Crippen molar-refractivity contribution in [2.45, 2.75) is 37.9 Å². The molecule has 86 valence electrons. The van der Waals surface area contributed by atoms with E-state index >= 15 is 0 Å². The molecule has 1 aromatic carbocycles. The van der Waals surface area contributed by atoms with Gasteiger partial charge in [0.2, 0.25) is 0 Å². The molecule has 2 saturated carbocycles. The quantitative estimate of drug-likeness (QED) is 0.757. The van der Waals surface area contributed by atoms with Gasteiger partial charge in [0.25, 0.3) is 0 Å². The van der Waals surface area contributed by atoms with E-state index in [1.54, 1.807) is 0 Å². The molecule has 3 rings (SSSR count). The number of aliphatic hydroxyl groups is 2. The molecule has 0 bridgehead atoms. The smallest absolute Gasteiger partial charge is 0.119 e. The lowest BCUT2D eigenvalue weighted by Gasteiger charge is -2.47. The van der Waals surface area contributed by atoms with Crippen molar-refractivity contribution >= 4 is 0 Å². The molecule has 0 radical (unpaired) electrons. The summed E-state index contributed by atoms with van der Waals surface area (Å²) in [4.78, 5) is 0. The van der Waals surface area contributed by atoms with E-state index in [1.807, 2.05) is 30.3 Å². The van der Waals surface area contributed by atoms with Gasteiger partial charge in [-0.05, 0) is 36.2 Å². The van der Waals surface area contributed by atoms with Gasteiger partial charge in [-0.25, -0.2) is 0 Å². The predicted molar refractivity (Wildman–Crippen MR) is 61.8 cm³/mol. The number of rotatable bonds is 1. The molecule has 4 atom stereocenters. The molecule has 0 saturated heterocycles. The van der Waals surface area contributed by atoms with E-state index < -0.39 is 11.7 Å². The lowest BCUT2D eigenvalue weighted by Crippen LogP contribution is -2.46. The first-order valence-corrected chi connectivity index (χ1v) is 6.03. The Morgan fingerprint density at radius 1 is 1.25 bits per heavy atom. The number of hydrogen-bond acceptors (Lipinski definition) is 2. The molecule has 2 nitrogen and oxygen atoms in total. The fourth-order valence-corrected chi connectivity index (χ4v) is 3.71. The predicted octanol–water partition coefficient (Wildman–Crippen LogP) is 2.06. The van der Waals surface area contributed by atoms with Crippen molar-refractivity contribution in [3.63, 3.8) is 0 Å². The highest BCUT2D eigenvalue weighted by atomic mass is 16.3. The Hall–Kier alpha value is -0.860. The second-order valence-electron chi connectivity index (χ2n) is 5.66. The summed E-state index contributed by atoms with van der Waals surface area (Å²) in [5.74, 6) is 0.220. The van der Waals surface area contributed by atoms with Gasteiger partial charge >= 0.3 is 0 Å². The lowest BCUT2D eigenvalue weighted by molar-refractivity contribution is -0.118. The van der Waals surface area contributed by atoms with Crippen LogP contribution in [0.4, 0.5) is 0 Å². The summed E-state index contributed by atoms with van der Waals surface area (Å²) in [6, 6.07) is 9.64. The lowest BCUT2D eigenvalue weighted by atomic mass is 9.59. The van der Waals surface area contributed by atoms with Crippen molar-refractivity contribution in [3.05, 3.63) is 35.9 Å². The summed E-state index contributed by atoms with van der Waals surface area (Å²) in [6.07, 6.45) is 2.26. The Morgan fingerprint density at radius 3 is 2.44 bits per heavy atom. The van der Waals surface area contributed by atoms with E-state index in [0.717, 1.165) is 24.8 Å². The van der Waals surface area contributed by atoms with E-state index in [0.29, 0.717) is 0 Å². The molecular weight excluding hydrogens is 200 g/mol. The average molecular weight is 218 g/mol. The summed E-state index contributed by atoms with van der Waals surface area (Å²) < 4.78 is 0. The fraction of sp³-hybridized carbons (Fsp3) is 0.571. The minimum atomic E-state index is -1.02. The third-order valence-corrected chi connectivity index (χ3v) is 4.78. The third-order valence-electron chi connectivity index (χ3n) is 4.78. The maximum Gasteiger partial charge on any atom is 0.119 e. The summed E-state index contributed by atoms with van der Waals surface area (Å²) in [5.41, 5.74) is -0.00549. The zero-order chi connectivity index (χ0) is 11.4. The molecule has 16 heavy (non-hydrogen) atoms. The Kier molecular flexibility index (Phi) is 1.99. The summed E-state index contributed by atoms with van der Waals surface area (Å²) in [7, 11) is 0. The highest BCUT2D eigenvalue weighted by molar-refractivity contribution is 5.30. The molecule has 0 aromatic heterocycles. The number of fused-ring (bicyclic) bond motifs is 1. The standard InChI is InChI=1S/C14H18O2/c1-13-8-7-11(13)14(16,12(15)9-13)10-5-3-2-4-6-10/h2-6,11-12,15-16H,7-9H2,1H3/t11-,12-,13-,14+/m0/s1. The van der Waals surface area contributed by atoms with Crippen LogP contribution in [-0.2, 0) is 5.60 Å². The number of hydrogen-bond donors (Lipinski definition) is 2. The average Bonchev–Trinajstić information content (AvgIpc) is 2.40. The molecule has 0 heterocycles. The van der Waals surface area contributed by atoms with Crippen molar-refractivity contribution in [1.82, 2.24) is 0 Å². The molecule has 0 amide bonds. The van der Waals surface area contributed by atoms with Crippen molar-refractivity contribution in [2.24, 2.45) is 11.3 Å². The monoisotopic (exact) mass is 218 g/mol. The SMILES string of the molecule is C[C@@]12CC[C@@H]1[C@](O)(c1ccccc1)[C@@H](O)C2. The second kappa shape index (κ2) is 3.08. The molecule has 2 aliphatic carbocycles. The molecule has 0 aliphatic heterocycles. The van der Waals surface area contributed by atoms with Gasteiger partial charge in [-0.15, -0.1) is 0 Å². The van der Waals surface area contributed by atoms with Gasteiger partial charge in [0.1, 0.15) is 5.60 Å². The minimum Gasteiger partial charge on any atom is -0.390 e. The van der Waals surface area contributed by atoms with Gasteiger partial charge in [0.05, 0.1) is 6.10 Å². The molecule has 0 spiro atoms. The molecule has 2 aliphatic rings. The van der Waals surface area contributed by atoms with Crippen LogP contribution in [0.2, 0.25) is 0 Å². The zero-order valence-corrected chi connectivity index (χ0v) is 9.56. The van der Waals surface area contributed by atoms with Gasteiger partial charge in [-0.3, -0.25) is 0 Å². The van der Waals surface area contributed by atoms with Crippen molar-refractivity contribution in [3.8, 4) is 0 Å².